The number of thioether (sulfide) groups is 1. The van der Waals surface area contributed by atoms with E-state index in [0.717, 1.165) is 29.7 Å². The molecule has 5 rings (SSSR count). The van der Waals surface area contributed by atoms with E-state index in [1.165, 1.54) is 11.8 Å². The fourth-order valence-electron chi connectivity index (χ4n) is 3.40. The lowest BCUT2D eigenvalue weighted by Gasteiger charge is -2.17. The number of nitrogens with zero attached hydrogens (tertiary/aromatic N) is 3. The molecule has 1 aliphatic carbocycles. The van der Waals surface area contributed by atoms with Crippen molar-refractivity contribution >= 4 is 29.3 Å². The minimum Gasteiger partial charge on any atom is -0.467 e. The van der Waals surface area contributed by atoms with Gasteiger partial charge in [-0.1, -0.05) is 53.7 Å². The first kappa shape index (κ1) is 20.8. The zero-order valence-electron chi connectivity index (χ0n) is 17.1. The summed E-state index contributed by atoms with van der Waals surface area (Å²) in [5.41, 5.74) is 1.82. The van der Waals surface area contributed by atoms with Crippen molar-refractivity contribution in [2.24, 2.45) is 0 Å². The van der Waals surface area contributed by atoms with Crippen LogP contribution in [-0.4, -0.2) is 26.7 Å². The fraction of sp³-hybridized carbons (Fsp3) is 0.208. The molecule has 6 nitrogen and oxygen atoms in total. The van der Waals surface area contributed by atoms with E-state index in [0.29, 0.717) is 22.5 Å². The van der Waals surface area contributed by atoms with Crippen molar-refractivity contribution in [2.45, 2.75) is 35.8 Å². The van der Waals surface area contributed by atoms with Gasteiger partial charge in [-0.2, -0.15) is 0 Å². The van der Waals surface area contributed by atoms with Gasteiger partial charge in [0, 0.05) is 16.6 Å². The predicted octanol–water partition coefficient (Wildman–Crippen LogP) is 5.35. The molecule has 1 aliphatic rings. The summed E-state index contributed by atoms with van der Waals surface area (Å²) in [6.45, 7) is 0.450. The maximum absolute atomic E-state index is 13.1. The van der Waals surface area contributed by atoms with Gasteiger partial charge in [-0.25, -0.2) is 0 Å². The lowest BCUT2D eigenvalue weighted by molar-refractivity contribution is -0.120. The number of hydrogen-bond acceptors (Lipinski definition) is 5. The van der Waals surface area contributed by atoms with Gasteiger partial charge in [0.15, 0.2) is 11.0 Å². The van der Waals surface area contributed by atoms with Crippen LogP contribution in [-0.2, 0) is 11.3 Å². The number of amides is 1. The summed E-state index contributed by atoms with van der Waals surface area (Å²) >= 11 is 7.47. The molecular formula is C24H21ClN4O2S. The van der Waals surface area contributed by atoms with Crippen LogP contribution in [0.3, 0.4) is 0 Å². The molecule has 1 amide bonds. The Morgan fingerprint density at radius 3 is 2.56 bits per heavy atom. The van der Waals surface area contributed by atoms with Gasteiger partial charge in [-0.3, -0.25) is 9.36 Å². The van der Waals surface area contributed by atoms with Crippen molar-refractivity contribution in [2.75, 3.05) is 0 Å². The van der Waals surface area contributed by atoms with Crippen molar-refractivity contribution in [3.05, 3.63) is 89.3 Å². The Hall–Kier alpha value is -3.03. The second kappa shape index (κ2) is 9.22. The van der Waals surface area contributed by atoms with E-state index >= 15 is 0 Å². The number of carbonyl (C=O) groups excluding carboxylic acids is 1. The molecule has 8 heteroatoms. The summed E-state index contributed by atoms with van der Waals surface area (Å²) in [6.07, 6.45) is 3.71. The van der Waals surface area contributed by atoms with Gasteiger partial charge < -0.3 is 9.73 Å². The standard InChI is InChI=1S/C24H21ClN4O2S/c25-18-10-8-17(9-11-18)22-27-28-24(29(22)15-20-7-4-14-31-20)32-21(16-5-2-1-3-6-16)23(30)26-19-12-13-19/h1-11,14,19,21H,12-13,15H2,(H,26,30)/t21-/m0/s1. The Labute approximate surface area is 195 Å². The monoisotopic (exact) mass is 464 g/mol. The molecule has 32 heavy (non-hydrogen) atoms. The Bertz CT molecular complexity index is 1190. The molecular weight excluding hydrogens is 444 g/mol. The summed E-state index contributed by atoms with van der Waals surface area (Å²) in [6, 6.07) is 21.3. The minimum atomic E-state index is -0.436. The van der Waals surface area contributed by atoms with E-state index in [1.807, 2.05) is 71.3 Å². The number of aromatic nitrogens is 3. The maximum atomic E-state index is 13.1. The van der Waals surface area contributed by atoms with Crippen LogP contribution in [0.15, 0.2) is 82.6 Å². The van der Waals surface area contributed by atoms with Crippen LogP contribution < -0.4 is 5.32 Å². The summed E-state index contributed by atoms with van der Waals surface area (Å²) in [5.74, 6) is 1.46. The number of nitrogens with one attached hydrogen (secondary N) is 1. The smallest absolute Gasteiger partial charge is 0.238 e. The van der Waals surface area contributed by atoms with Gasteiger partial charge in [0.05, 0.1) is 12.8 Å². The SMILES string of the molecule is O=C(NC1CC1)[C@@H](Sc1nnc(-c2ccc(Cl)cc2)n1Cc1ccco1)c1ccccc1. The molecule has 1 saturated carbocycles. The highest BCUT2D eigenvalue weighted by atomic mass is 35.5. The van der Waals surface area contributed by atoms with Crippen LogP contribution in [0.4, 0.5) is 0 Å². The number of furan rings is 1. The lowest BCUT2D eigenvalue weighted by Crippen LogP contribution is -2.30. The molecule has 1 N–H and O–H groups in total. The number of rotatable bonds is 8. The van der Waals surface area contributed by atoms with Crippen LogP contribution in [0, 0.1) is 0 Å². The largest absolute Gasteiger partial charge is 0.467 e. The third-order valence-corrected chi connectivity index (χ3v) is 6.69. The highest BCUT2D eigenvalue weighted by Gasteiger charge is 2.31. The van der Waals surface area contributed by atoms with Crippen molar-refractivity contribution in [1.29, 1.82) is 0 Å². The Morgan fingerprint density at radius 1 is 1.09 bits per heavy atom. The molecule has 0 unspecified atom stereocenters. The van der Waals surface area contributed by atoms with Crippen molar-refractivity contribution < 1.29 is 9.21 Å². The van der Waals surface area contributed by atoms with Gasteiger partial charge >= 0.3 is 0 Å². The molecule has 162 valence electrons. The van der Waals surface area contributed by atoms with Crippen LogP contribution in [0.1, 0.15) is 29.4 Å². The molecule has 0 aliphatic heterocycles. The van der Waals surface area contributed by atoms with E-state index in [-0.39, 0.29) is 11.9 Å². The maximum Gasteiger partial charge on any atom is 0.238 e. The third kappa shape index (κ3) is 4.74. The zero-order valence-corrected chi connectivity index (χ0v) is 18.7. The van der Waals surface area contributed by atoms with E-state index in [1.54, 1.807) is 6.26 Å². The average molecular weight is 465 g/mol. The second-order valence-electron chi connectivity index (χ2n) is 7.67. The molecule has 1 atom stereocenters. The first-order valence-corrected chi connectivity index (χ1v) is 11.7. The molecule has 2 heterocycles. The van der Waals surface area contributed by atoms with Crippen LogP contribution >= 0.6 is 23.4 Å². The summed E-state index contributed by atoms with van der Waals surface area (Å²) in [7, 11) is 0. The van der Waals surface area contributed by atoms with Gasteiger partial charge in [-0.15, -0.1) is 10.2 Å². The molecule has 4 aromatic rings. The number of carbonyl (C=O) groups is 1. The van der Waals surface area contributed by atoms with E-state index < -0.39 is 5.25 Å². The number of halogens is 1. The molecule has 1 fully saturated rings. The Morgan fingerprint density at radius 2 is 1.88 bits per heavy atom. The normalized spacial score (nSPS) is 14.3. The summed E-state index contributed by atoms with van der Waals surface area (Å²) in [4.78, 5) is 13.1. The second-order valence-corrected chi connectivity index (χ2v) is 9.18. The molecule has 0 bridgehead atoms. The van der Waals surface area contributed by atoms with E-state index in [2.05, 4.69) is 15.5 Å². The average Bonchev–Trinajstić information content (AvgIpc) is 3.31. The molecule has 0 saturated heterocycles. The van der Waals surface area contributed by atoms with Crippen molar-refractivity contribution in [3.8, 4) is 11.4 Å². The number of hydrogen-bond donors (Lipinski definition) is 1. The highest BCUT2D eigenvalue weighted by Crippen LogP contribution is 2.37. The predicted molar refractivity (Wildman–Crippen MR) is 124 cm³/mol. The molecule has 2 aromatic carbocycles. The zero-order chi connectivity index (χ0) is 21.9. The number of benzene rings is 2. The van der Waals surface area contributed by atoms with Crippen molar-refractivity contribution in [1.82, 2.24) is 20.1 Å². The lowest BCUT2D eigenvalue weighted by atomic mass is 10.1. The van der Waals surface area contributed by atoms with Crippen LogP contribution in [0.25, 0.3) is 11.4 Å². The topological polar surface area (TPSA) is 73.0 Å². The minimum absolute atomic E-state index is 0.00992. The van der Waals surface area contributed by atoms with Gasteiger partial charge in [-0.05, 0) is 54.8 Å². The van der Waals surface area contributed by atoms with Crippen molar-refractivity contribution in [3.63, 3.8) is 0 Å². The first-order chi connectivity index (χ1) is 15.7. The van der Waals surface area contributed by atoms with Crippen LogP contribution in [0.2, 0.25) is 5.02 Å². The molecule has 2 aromatic heterocycles. The third-order valence-electron chi connectivity index (χ3n) is 5.20. The molecule has 0 spiro atoms. The first-order valence-electron chi connectivity index (χ1n) is 10.4. The summed E-state index contributed by atoms with van der Waals surface area (Å²) < 4.78 is 7.56. The summed E-state index contributed by atoms with van der Waals surface area (Å²) in [5, 5.41) is 12.9. The van der Waals surface area contributed by atoms with Gasteiger partial charge in [0.1, 0.15) is 11.0 Å². The van der Waals surface area contributed by atoms with E-state index in [4.69, 9.17) is 16.0 Å². The van der Waals surface area contributed by atoms with Gasteiger partial charge in [0.25, 0.3) is 0 Å². The quantitative estimate of drug-likeness (QED) is 0.356. The Kier molecular flexibility index (Phi) is 6.01. The Balaban J connectivity index is 1.51. The fourth-order valence-corrected chi connectivity index (χ4v) is 4.57. The van der Waals surface area contributed by atoms with E-state index in [9.17, 15) is 4.79 Å². The van der Waals surface area contributed by atoms with Gasteiger partial charge in [0.2, 0.25) is 5.91 Å². The highest BCUT2D eigenvalue weighted by molar-refractivity contribution is 8.00. The van der Waals surface area contributed by atoms with Crippen LogP contribution in [0.5, 0.6) is 0 Å². The molecule has 0 radical (unpaired) electrons.